The Bertz CT molecular complexity index is 1700. The molecule has 1 aromatic carbocycles. The number of H-pyrrole nitrogens is 2. The number of aliphatic imine (C=N–C) groups is 1. The van der Waals surface area contributed by atoms with Gasteiger partial charge in [0.15, 0.2) is 11.8 Å². The van der Waals surface area contributed by atoms with Crippen LogP contribution in [0.2, 0.25) is 10.0 Å². The predicted molar refractivity (Wildman–Crippen MR) is 135 cm³/mol. The highest BCUT2D eigenvalue weighted by Crippen LogP contribution is 2.35. The second-order valence-electron chi connectivity index (χ2n) is 8.39. The van der Waals surface area contributed by atoms with Gasteiger partial charge in [-0.15, -0.1) is 4.73 Å². The quantitative estimate of drug-likeness (QED) is 0.305. The fourth-order valence-electron chi connectivity index (χ4n) is 4.39. The molecule has 12 heteroatoms. The average Bonchev–Trinajstić information content (AvgIpc) is 3.61. The molecule has 0 amide bonds. The number of nitrogens with one attached hydrogen (secondary N) is 2. The number of fused-ring (bicyclic) bond motifs is 2. The first kappa shape index (κ1) is 22.6. The molecule has 0 spiro atoms. The molecule has 2 N–H and O–H groups in total. The van der Waals surface area contributed by atoms with Crippen molar-refractivity contribution < 1.29 is 9.23 Å². The molecule has 0 saturated heterocycles. The summed E-state index contributed by atoms with van der Waals surface area (Å²) in [5.41, 5.74) is 3.95. The van der Waals surface area contributed by atoms with Crippen molar-refractivity contribution in [3.05, 3.63) is 86.7 Å². The van der Waals surface area contributed by atoms with E-state index in [2.05, 4.69) is 25.0 Å². The number of pyridine rings is 1. The van der Waals surface area contributed by atoms with Gasteiger partial charge < -0.3 is 9.82 Å². The molecule has 2 atom stereocenters. The Labute approximate surface area is 213 Å². The zero-order valence-corrected chi connectivity index (χ0v) is 20.3. The minimum atomic E-state index is -0.827. The smallest absolute Gasteiger partial charge is 0.360 e. The highest BCUT2D eigenvalue weighted by molar-refractivity contribution is 6.36. The fraction of sp³-hybridized carbons (Fsp3) is 0.167. The molecule has 1 aliphatic rings. The predicted octanol–water partition coefficient (Wildman–Crippen LogP) is 5.25. The zero-order valence-electron chi connectivity index (χ0n) is 18.7. The third-order valence-electron chi connectivity index (χ3n) is 6.17. The first-order chi connectivity index (χ1) is 17.4. The van der Waals surface area contributed by atoms with E-state index in [0.29, 0.717) is 11.2 Å². The van der Waals surface area contributed by atoms with Crippen LogP contribution in [0.5, 0.6) is 0 Å². The van der Waals surface area contributed by atoms with Crippen molar-refractivity contribution in [3.63, 3.8) is 0 Å². The van der Waals surface area contributed by atoms with Gasteiger partial charge in [0.2, 0.25) is 0 Å². The van der Waals surface area contributed by atoms with Crippen LogP contribution in [0, 0.1) is 5.82 Å². The summed E-state index contributed by atoms with van der Waals surface area (Å²) in [7, 11) is 0. The molecule has 0 fully saturated rings. The van der Waals surface area contributed by atoms with Gasteiger partial charge in [-0.1, -0.05) is 23.2 Å². The van der Waals surface area contributed by atoms with Crippen LogP contribution in [-0.4, -0.2) is 35.7 Å². The fourth-order valence-corrected chi connectivity index (χ4v) is 5.06. The van der Waals surface area contributed by atoms with Gasteiger partial charge in [0.05, 0.1) is 22.9 Å². The summed E-state index contributed by atoms with van der Waals surface area (Å²) in [6, 6.07) is 4.35. The molecule has 0 bridgehead atoms. The molecule has 0 radical (unpaired) electrons. The van der Waals surface area contributed by atoms with Crippen LogP contribution >= 0.6 is 23.2 Å². The van der Waals surface area contributed by atoms with Crippen molar-refractivity contribution in [2.24, 2.45) is 4.99 Å². The Balaban J connectivity index is 1.34. The van der Waals surface area contributed by atoms with Crippen LogP contribution in [0.3, 0.4) is 0 Å². The maximum Gasteiger partial charge on any atom is 0.360 e. The summed E-state index contributed by atoms with van der Waals surface area (Å²) >= 11 is 12.4. The highest BCUT2D eigenvalue weighted by atomic mass is 35.5. The van der Waals surface area contributed by atoms with E-state index in [9.17, 15) is 9.18 Å². The lowest BCUT2D eigenvalue weighted by atomic mass is 10.0. The molecule has 5 heterocycles. The Kier molecular flexibility index (Phi) is 5.42. The third-order valence-corrected chi connectivity index (χ3v) is 6.89. The molecule has 4 aromatic heterocycles. The molecule has 0 aliphatic carbocycles. The van der Waals surface area contributed by atoms with Crippen LogP contribution in [-0.2, 0) is 0 Å². The van der Waals surface area contributed by atoms with Gasteiger partial charge in [-0.2, -0.15) is 5.10 Å². The summed E-state index contributed by atoms with van der Waals surface area (Å²) < 4.78 is 17.0. The number of nitrogens with zero attached hydrogens (tertiary/aromatic N) is 5. The van der Waals surface area contributed by atoms with Crippen LogP contribution in [0.15, 0.2) is 59.0 Å². The lowest BCUT2D eigenvalue weighted by Gasteiger charge is -2.18. The average molecular weight is 526 g/mol. The molecular formula is C24H18Cl2FN7O2. The van der Waals surface area contributed by atoms with Crippen LogP contribution in [0.4, 0.5) is 10.1 Å². The number of halogens is 3. The van der Waals surface area contributed by atoms with Crippen molar-refractivity contribution >= 4 is 46.3 Å². The minimum Gasteiger partial charge on any atom is -0.401 e. The van der Waals surface area contributed by atoms with E-state index in [-0.39, 0.29) is 21.7 Å². The van der Waals surface area contributed by atoms with Crippen molar-refractivity contribution in [1.82, 2.24) is 29.5 Å². The van der Waals surface area contributed by atoms with E-state index in [0.717, 1.165) is 33.5 Å². The monoisotopic (exact) mass is 525 g/mol. The summed E-state index contributed by atoms with van der Waals surface area (Å²) in [5.74, 6) is -0.630. The topological polar surface area (TPSA) is 106 Å². The molecule has 2 unspecified atom stereocenters. The second kappa shape index (κ2) is 8.65. The lowest BCUT2D eigenvalue weighted by molar-refractivity contribution is 0.0492. The van der Waals surface area contributed by atoms with Gasteiger partial charge in [0.25, 0.3) is 0 Å². The van der Waals surface area contributed by atoms with Gasteiger partial charge in [-0.3, -0.25) is 14.7 Å². The summed E-state index contributed by atoms with van der Waals surface area (Å²) in [4.78, 5) is 33.1. The first-order valence-corrected chi connectivity index (χ1v) is 11.8. The normalized spacial score (nSPS) is 15.8. The van der Waals surface area contributed by atoms with Crippen molar-refractivity contribution in [3.8, 4) is 11.1 Å². The maximum atomic E-state index is 14.0. The third kappa shape index (κ3) is 3.69. The SMILES string of the molecule is CC(On1c(=O)[nH]c2ncc(-c3cnn(C4CC=Nc5c[nH]cc54)c3)cc21)c1c(Cl)ccc(F)c1Cl. The number of benzene rings is 1. The number of hydrogen-bond donors (Lipinski definition) is 2. The number of hydrogen-bond acceptors (Lipinski definition) is 5. The number of rotatable bonds is 5. The van der Waals surface area contributed by atoms with Gasteiger partial charge in [-0.05, 0) is 25.1 Å². The Morgan fingerprint density at radius 1 is 1.22 bits per heavy atom. The number of aromatic amines is 2. The zero-order chi connectivity index (χ0) is 25.0. The molecule has 0 saturated carbocycles. The van der Waals surface area contributed by atoms with Crippen molar-refractivity contribution in [1.29, 1.82) is 0 Å². The minimum absolute atomic E-state index is 0.0181. The summed E-state index contributed by atoms with van der Waals surface area (Å²) in [5, 5.41) is 4.63. The van der Waals surface area contributed by atoms with Gasteiger partial charge in [-0.25, -0.2) is 14.2 Å². The molecule has 5 aromatic rings. The Hall–Kier alpha value is -3.89. The lowest BCUT2D eigenvalue weighted by Crippen LogP contribution is -2.26. The molecule has 36 heavy (non-hydrogen) atoms. The maximum absolute atomic E-state index is 14.0. The molecule has 9 nitrogen and oxygen atoms in total. The Morgan fingerprint density at radius 3 is 2.94 bits per heavy atom. The van der Waals surface area contributed by atoms with Crippen LogP contribution in [0.1, 0.15) is 36.6 Å². The van der Waals surface area contributed by atoms with E-state index in [4.69, 9.17) is 28.0 Å². The van der Waals surface area contributed by atoms with Crippen LogP contribution in [0.25, 0.3) is 22.3 Å². The molecule has 182 valence electrons. The molecule has 6 rings (SSSR count). The van der Waals surface area contributed by atoms with Crippen molar-refractivity contribution in [2.75, 3.05) is 0 Å². The number of imidazole rings is 1. The van der Waals surface area contributed by atoms with E-state index in [1.54, 1.807) is 25.4 Å². The highest BCUT2D eigenvalue weighted by Gasteiger charge is 2.23. The largest absolute Gasteiger partial charge is 0.401 e. The van der Waals surface area contributed by atoms with Gasteiger partial charge in [0.1, 0.15) is 11.3 Å². The van der Waals surface area contributed by atoms with E-state index in [1.807, 2.05) is 29.5 Å². The van der Waals surface area contributed by atoms with E-state index >= 15 is 0 Å². The van der Waals surface area contributed by atoms with E-state index in [1.165, 1.54) is 12.1 Å². The summed E-state index contributed by atoms with van der Waals surface area (Å²) in [6.45, 7) is 1.63. The van der Waals surface area contributed by atoms with Gasteiger partial charge in [0, 0.05) is 64.7 Å². The van der Waals surface area contributed by atoms with E-state index < -0.39 is 17.6 Å². The standard InChI is InChI=1S/C24H18Cl2FN7O2/c1-12(21-16(25)2-3-17(27)22(21)26)36-34-20-6-13(7-30-23(20)32-24(34)35)14-8-31-33(11-14)19-4-5-29-18-10-28-9-15(18)19/h2-3,5-12,19,28H,4H2,1H3,(H,30,32,35). The molecular weight excluding hydrogens is 508 g/mol. The Morgan fingerprint density at radius 2 is 2.08 bits per heavy atom. The van der Waals surface area contributed by atoms with Crippen LogP contribution < -0.4 is 10.5 Å². The first-order valence-electron chi connectivity index (χ1n) is 11.1. The number of aromatic nitrogens is 6. The summed E-state index contributed by atoms with van der Waals surface area (Å²) in [6.07, 6.45) is 10.9. The molecule has 1 aliphatic heterocycles. The van der Waals surface area contributed by atoms with Crippen molar-refractivity contribution in [2.45, 2.75) is 25.5 Å². The second-order valence-corrected chi connectivity index (χ2v) is 9.17. The van der Waals surface area contributed by atoms with Gasteiger partial charge >= 0.3 is 5.69 Å².